The first-order chi connectivity index (χ1) is 32.2. The molecule has 13 heteroatoms. The monoisotopic (exact) mass is 922 g/mol. The van der Waals surface area contributed by atoms with Crippen LogP contribution in [0.25, 0.3) is 0 Å². The van der Waals surface area contributed by atoms with Crippen LogP contribution in [-0.2, 0) is 28.6 Å². The van der Waals surface area contributed by atoms with Crippen molar-refractivity contribution in [2.24, 2.45) is 0 Å². The fraction of sp³-hybridized carbons (Fsp3) is 0.288. The highest BCUT2D eigenvalue weighted by Crippen LogP contribution is 2.33. The van der Waals surface area contributed by atoms with Gasteiger partial charge in [0, 0.05) is 29.4 Å². The lowest BCUT2D eigenvalue weighted by atomic mass is 9.98. The van der Waals surface area contributed by atoms with Crippen LogP contribution in [0, 0.1) is 0 Å². The number of hydrogen-bond acceptors (Lipinski definition) is 12. The van der Waals surface area contributed by atoms with Gasteiger partial charge in [0.05, 0.1) is 13.5 Å². The van der Waals surface area contributed by atoms with E-state index in [-0.39, 0.29) is 40.8 Å². The molecule has 0 bridgehead atoms. The largest absolute Gasteiger partial charge is 0.468 e. The molecule has 0 aliphatic carbocycles. The summed E-state index contributed by atoms with van der Waals surface area (Å²) in [6.45, 7) is 1.92. The molecule has 3 aromatic carbocycles. The summed E-state index contributed by atoms with van der Waals surface area (Å²) < 4.78 is 34.5. The second-order valence-electron chi connectivity index (χ2n) is 14.4. The zero-order valence-electron chi connectivity index (χ0n) is 37.7. The standard InChI is InChI=1S/C52H56ClNO10S/c1-3-4-5-6-7-8-9-10-11-12-13-14-15-16-17-18-19-20-33-47(55)63-44-31-25-23-29-42(44)51(58)64-45-32-26-22-28-41(45)50(57)62-38-61-48(56)36-39-37-54(35-34-46(39)65)49(52(59)60-2)40-27-21-24-30-43(40)53/h4-5,7-8,10-11,13-14,16-17,19-32,36,46,49,65H,3,6,9,12,15,18,33-35,37-38H2,1-2H3/b5-4-,8-7-,11-10-,14-13-,17-16-,20-19-,39-36-/t46?,49-/m0/s1/i/hD. The summed E-state index contributed by atoms with van der Waals surface area (Å²) >= 11 is 7.25. The van der Waals surface area contributed by atoms with Crippen molar-refractivity contribution in [3.05, 3.63) is 179 Å². The molecule has 1 heterocycles. The van der Waals surface area contributed by atoms with Crippen molar-refractivity contribution in [1.29, 1.82) is 1.12 Å². The van der Waals surface area contributed by atoms with Gasteiger partial charge >= 0.3 is 29.8 Å². The third-order valence-corrected chi connectivity index (χ3v) is 10.6. The average molecular weight is 924 g/mol. The number of rotatable bonds is 24. The SMILES string of the molecule is [2H]SC1CCN([C@H](C(=O)OC)c2ccccc2Cl)C/C1=C/C(=O)OCOC(=O)c1ccccc1OC(=O)c1ccccc1OC(=O)C/C=C\C/C=C\C/C=C\C/C=C\C/C=C\C/C=C\CC. The van der Waals surface area contributed by atoms with Gasteiger partial charge in [0.25, 0.3) is 0 Å². The minimum atomic E-state index is -0.945. The summed E-state index contributed by atoms with van der Waals surface area (Å²) in [6.07, 6.45) is 31.8. The van der Waals surface area contributed by atoms with Crippen molar-refractivity contribution in [1.82, 2.24) is 4.90 Å². The molecule has 65 heavy (non-hydrogen) atoms. The Hall–Kier alpha value is -6.21. The maximum Gasteiger partial charge on any atom is 0.347 e. The lowest BCUT2D eigenvalue weighted by Crippen LogP contribution is -2.42. The van der Waals surface area contributed by atoms with Crippen LogP contribution in [0.2, 0.25) is 5.02 Å². The number of piperidine rings is 1. The van der Waals surface area contributed by atoms with E-state index < -0.39 is 42.7 Å². The molecule has 342 valence electrons. The number of thiol groups is 1. The Kier molecular flexibility index (Phi) is 22.4. The van der Waals surface area contributed by atoms with E-state index in [1.165, 1.54) is 43.5 Å². The zero-order chi connectivity index (χ0) is 47.4. The number of carbonyl (C=O) groups is 5. The van der Waals surface area contributed by atoms with Gasteiger partial charge in [0.2, 0.25) is 6.79 Å². The van der Waals surface area contributed by atoms with E-state index >= 15 is 0 Å². The number of para-hydroxylation sites is 2. The summed E-state index contributed by atoms with van der Waals surface area (Å²) in [4.78, 5) is 66.9. The summed E-state index contributed by atoms with van der Waals surface area (Å²) in [7, 11) is 1.28. The van der Waals surface area contributed by atoms with E-state index in [1.807, 2.05) is 17.1 Å². The van der Waals surface area contributed by atoms with Gasteiger partial charge in [0.15, 0.2) is 0 Å². The molecule has 11 nitrogen and oxygen atoms in total. The van der Waals surface area contributed by atoms with Gasteiger partial charge in [-0.2, -0.15) is 12.5 Å². The van der Waals surface area contributed by atoms with E-state index in [0.717, 1.165) is 44.6 Å². The number of hydrogen-bond donors (Lipinski definition) is 1. The molecule has 0 aromatic heterocycles. The first-order valence-electron chi connectivity index (χ1n) is 21.8. The molecule has 4 rings (SSSR count). The highest BCUT2D eigenvalue weighted by Gasteiger charge is 2.34. The van der Waals surface area contributed by atoms with Crippen molar-refractivity contribution in [3.8, 4) is 11.5 Å². The molecule has 0 spiro atoms. The third kappa shape index (κ3) is 18.1. The molecular weight excluding hydrogens is 866 g/mol. The fourth-order valence-corrected chi connectivity index (χ4v) is 6.89. The Morgan fingerprint density at radius 3 is 1.85 bits per heavy atom. The Bertz CT molecular complexity index is 2300. The topological polar surface area (TPSA) is 135 Å². The molecule has 3 aromatic rings. The second kappa shape index (κ2) is 29.3. The number of methoxy groups -OCH3 is 1. The van der Waals surface area contributed by atoms with Crippen LogP contribution in [0.15, 0.2) is 157 Å². The Labute approximate surface area is 393 Å². The van der Waals surface area contributed by atoms with E-state index in [0.29, 0.717) is 35.5 Å². The predicted octanol–water partition coefficient (Wildman–Crippen LogP) is 11.1. The number of benzene rings is 3. The minimum absolute atomic E-state index is 0.0170. The second-order valence-corrected chi connectivity index (χ2v) is 15.4. The van der Waals surface area contributed by atoms with Crippen LogP contribution < -0.4 is 9.47 Å². The first-order valence-corrected chi connectivity index (χ1v) is 22.2. The summed E-state index contributed by atoms with van der Waals surface area (Å²) in [6, 6.07) is 18.0. The normalized spacial score (nSPS) is 15.9. The number of esters is 5. The lowest BCUT2D eigenvalue weighted by molar-refractivity contribution is -0.147. The fourth-order valence-electron chi connectivity index (χ4n) is 6.40. The quantitative estimate of drug-likeness (QED) is 0.0230. The molecule has 0 radical (unpaired) electrons. The first kappa shape index (κ1) is 49.8. The maximum absolute atomic E-state index is 13.4. The van der Waals surface area contributed by atoms with Crippen molar-refractivity contribution in [2.75, 3.05) is 27.0 Å². The molecule has 1 aliphatic rings. The number of allylic oxidation sites excluding steroid dienone is 11. The van der Waals surface area contributed by atoms with E-state index in [9.17, 15) is 24.0 Å². The van der Waals surface area contributed by atoms with Crippen molar-refractivity contribution in [2.45, 2.75) is 69.6 Å². The molecule has 0 saturated carbocycles. The van der Waals surface area contributed by atoms with E-state index in [4.69, 9.17) is 36.4 Å². The molecular formula is C52H56ClNO10S. The third-order valence-electron chi connectivity index (χ3n) is 9.68. The Morgan fingerprint density at radius 1 is 0.723 bits per heavy atom. The summed E-state index contributed by atoms with van der Waals surface area (Å²) in [5, 5.41) is 0.0189. The van der Waals surface area contributed by atoms with Crippen LogP contribution in [0.3, 0.4) is 0 Å². The smallest absolute Gasteiger partial charge is 0.347 e. The van der Waals surface area contributed by atoms with Crippen LogP contribution >= 0.6 is 24.1 Å². The average Bonchev–Trinajstić information content (AvgIpc) is 3.32. The number of nitrogens with zero attached hydrogens (tertiary/aromatic N) is 1. The van der Waals surface area contributed by atoms with Gasteiger partial charge in [-0.1, -0.05) is 134 Å². The number of carbonyl (C=O) groups excluding carboxylic acids is 5. The Morgan fingerprint density at radius 2 is 1.26 bits per heavy atom. The minimum Gasteiger partial charge on any atom is -0.468 e. The number of likely N-dealkylation sites (tertiary alicyclic amines) is 1. The van der Waals surface area contributed by atoms with Crippen LogP contribution in [0.4, 0.5) is 0 Å². The van der Waals surface area contributed by atoms with Gasteiger partial charge in [-0.25, -0.2) is 19.2 Å². The van der Waals surface area contributed by atoms with Crippen LogP contribution in [-0.4, -0.2) is 68.1 Å². The predicted molar refractivity (Wildman–Crippen MR) is 256 cm³/mol. The lowest BCUT2D eigenvalue weighted by Gasteiger charge is -2.36. The van der Waals surface area contributed by atoms with Crippen molar-refractivity contribution in [3.63, 3.8) is 0 Å². The van der Waals surface area contributed by atoms with E-state index in [2.05, 4.69) is 61.6 Å². The highest BCUT2D eigenvalue weighted by atomic mass is 35.5. The summed E-state index contributed by atoms with van der Waals surface area (Å²) in [5.74, 6) is -3.94. The zero-order valence-corrected chi connectivity index (χ0v) is 38.3. The van der Waals surface area contributed by atoms with Gasteiger partial charge in [-0.05, 0) is 86.4 Å². The van der Waals surface area contributed by atoms with Crippen LogP contribution in [0.5, 0.6) is 11.5 Å². The van der Waals surface area contributed by atoms with Crippen molar-refractivity contribution >= 4 is 54.0 Å². The molecule has 1 aliphatic heterocycles. The highest BCUT2D eigenvalue weighted by molar-refractivity contribution is 7.81. The van der Waals surface area contributed by atoms with Gasteiger partial charge in [0.1, 0.15) is 29.8 Å². The molecule has 1 unspecified atom stereocenters. The van der Waals surface area contributed by atoms with Crippen molar-refractivity contribution < 1.29 is 47.7 Å². The molecule has 2 atom stereocenters. The van der Waals surface area contributed by atoms with E-state index in [1.54, 1.807) is 48.5 Å². The molecule has 1 fully saturated rings. The molecule has 1 saturated heterocycles. The maximum atomic E-state index is 13.4. The number of halogens is 1. The van der Waals surface area contributed by atoms with Gasteiger partial charge < -0.3 is 23.7 Å². The van der Waals surface area contributed by atoms with Gasteiger partial charge in [-0.15, -0.1) is 0 Å². The van der Waals surface area contributed by atoms with Gasteiger partial charge in [-0.3, -0.25) is 9.69 Å². The Balaban J connectivity index is 1.24. The molecule has 0 amide bonds. The van der Waals surface area contributed by atoms with Crippen LogP contribution in [0.1, 0.15) is 90.6 Å². The molecule has 0 N–H and O–H groups in total. The number of ether oxygens (including phenoxy) is 5. The summed E-state index contributed by atoms with van der Waals surface area (Å²) in [5.41, 5.74) is 0.891.